The van der Waals surface area contributed by atoms with Gasteiger partial charge >= 0.3 is 0 Å². The third-order valence-electron chi connectivity index (χ3n) is 5.81. The molecular formula is C24H22F2N6O. The van der Waals surface area contributed by atoms with Gasteiger partial charge in [-0.15, -0.1) is 0 Å². The molecule has 0 saturated carbocycles. The molecule has 0 amide bonds. The quantitative estimate of drug-likeness (QED) is 0.274. The third-order valence-corrected chi connectivity index (χ3v) is 5.81. The largest absolute Gasteiger partial charge is 0.381 e. The van der Waals surface area contributed by atoms with Gasteiger partial charge < -0.3 is 9.30 Å². The molecule has 5 rings (SSSR count). The molecule has 0 aliphatic carbocycles. The van der Waals surface area contributed by atoms with Crippen molar-refractivity contribution in [2.75, 3.05) is 13.2 Å². The Morgan fingerprint density at radius 3 is 2.76 bits per heavy atom. The van der Waals surface area contributed by atoms with Crippen LogP contribution in [0.5, 0.6) is 0 Å². The number of pyridine rings is 1. The van der Waals surface area contributed by atoms with Gasteiger partial charge in [-0.05, 0) is 44.0 Å². The number of hydrogen-bond acceptors (Lipinski definition) is 5. The molecule has 0 atom stereocenters. The van der Waals surface area contributed by atoms with Crippen molar-refractivity contribution in [3.05, 3.63) is 65.3 Å². The van der Waals surface area contributed by atoms with Crippen molar-refractivity contribution >= 4 is 29.6 Å². The number of halogens is 2. The lowest BCUT2D eigenvalue weighted by molar-refractivity contribution is 0.0693. The summed E-state index contributed by atoms with van der Waals surface area (Å²) in [4.78, 5) is 17.4. The molecule has 4 aromatic rings. The molecule has 0 spiro atoms. The molecule has 1 aromatic carbocycles. The van der Waals surface area contributed by atoms with Crippen LogP contribution < -0.4 is 10.7 Å². The maximum Gasteiger partial charge on any atom is 0.212 e. The summed E-state index contributed by atoms with van der Waals surface area (Å²) in [6.07, 6.45) is 6.37. The van der Waals surface area contributed by atoms with Crippen LogP contribution in [0.15, 0.2) is 47.8 Å². The lowest BCUT2D eigenvalue weighted by Gasteiger charge is -2.25. The molecule has 0 bridgehead atoms. The molecule has 1 fully saturated rings. The summed E-state index contributed by atoms with van der Waals surface area (Å²) in [6.45, 7) is 7.38. The standard InChI is InChI=1S/C24H22F2N6O/c1-15-21(13-27-16(2)31-14-29-20-5-4-18(25)11-22(20)31)30-24(17-3-6-23(26)28-12-17)32(15)19-7-9-33-10-8-19/h3-6,11-14,19H,1,7-10H2,2H3/b21-13+,27-16?. The lowest BCUT2D eigenvalue weighted by Crippen LogP contribution is -2.33. The van der Waals surface area contributed by atoms with E-state index in [2.05, 4.69) is 26.1 Å². The van der Waals surface area contributed by atoms with Crippen molar-refractivity contribution in [1.82, 2.24) is 24.1 Å². The van der Waals surface area contributed by atoms with Gasteiger partial charge in [0.2, 0.25) is 5.95 Å². The van der Waals surface area contributed by atoms with Crippen LogP contribution in [-0.4, -0.2) is 43.1 Å². The van der Waals surface area contributed by atoms with Crippen molar-refractivity contribution in [3.8, 4) is 11.4 Å². The monoisotopic (exact) mass is 448 g/mol. The number of benzene rings is 1. The Hall–Kier alpha value is -3.72. The molecule has 0 radical (unpaired) electrons. The average Bonchev–Trinajstić information content (AvgIpc) is 3.39. The molecule has 7 nitrogen and oxygen atoms in total. The number of hydrogen-bond donors (Lipinski definition) is 0. The highest BCUT2D eigenvalue weighted by atomic mass is 19.1. The molecule has 0 unspecified atom stereocenters. The van der Waals surface area contributed by atoms with Crippen LogP contribution >= 0.6 is 0 Å². The summed E-state index contributed by atoms with van der Waals surface area (Å²) in [5.41, 5.74) is 2.01. The van der Waals surface area contributed by atoms with Crippen LogP contribution in [0.2, 0.25) is 0 Å². The van der Waals surface area contributed by atoms with Crippen LogP contribution in [0.25, 0.3) is 35.2 Å². The highest BCUT2D eigenvalue weighted by Crippen LogP contribution is 2.24. The van der Waals surface area contributed by atoms with Crippen molar-refractivity contribution in [2.24, 2.45) is 4.99 Å². The van der Waals surface area contributed by atoms with Gasteiger partial charge in [-0.25, -0.2) is 24.3 Å². The Morgan fingerprint density at radius 1 is 1.18 bits per heavy atom. The molecule has 9 heteroatoms. The van der Waals surface area contributed by atoms with Gasteiger partial charge in [0.05, 0.1) is 22.6 Å². The van der Waals surface area contributed by atoms with Gasteiger partial charge in [-0.3, -0.25) is 4.57 Å². The number of nitrogens with zero attached hydrogens (tertiary/aromatic N) is 6. The normalized spacial score (nSPS) is 16.1. The zero-order chi connectivity index (χ0) is 22.9. The van der Waals surface area contributed by atoms with Gasteiger partial charge in [-0.1, -0.05) is 6.58 Å². The van der Waals surface area contributed by atoms with Gasteiger partial charge in [0.15, 0.2) is 0 Å². The van der Waals surface area contributed by atoms with E-state index in [9.17, 15) is 8.78 Å². The number of rotatable bonds is 3. The minimum absolute atomic E-state index is 0.159. The summed E-state index contributed by atoms with van der Waals surface area (Å²) in [5.74, 6) is 0.379. The average molecular weight is 448 g/mol. The minimum atomic E-state index is -0.547. The van der Waals surface area contributed by atoms with Crippen molar-refractivity contribution in [1.29, 1.82) is 0 Å². The van der Waals surface area contributed by atoms with E-state index in [0.29, 0.717) is 52.2 Å². The van der Waals surface area contributed by atoms with E-state index in [1.165, 1.54) is 24.4 Å². The predicted octanol–water partition coefficient (Wildman–Crippen LogP) is 3.04. The van der Waals surface area contributed by atoms with E-state index in [4.69, 9.17) is 9.72 Å². The number of imidazole rings is 2. The predicted molar refractivity (Wildman–Crippen MR) is 122 cm³/mol. The zero-order valence-electron chi connectivity index (χ0n) is 18.1. The SMILES string of the molecule is C=c1/c(=C\N=C(C)n2cnc3ccc(F)cc32)nc(-c2ccc(F)nc2)n1C1CCOCC1. The Labute approximate surface area is 188 Å². The van der Waals surface area contributed by atoms with Gasteiger partial charge in [0, 0.05) is 37.1 Å². The lowest BCUT2D eigenvalue weighted by atomic mass is 10.1. The first-order chi connectivity index (χ1) is 16.0. The summed E-state index contributed by atoms with van der Waals surface area (Å²) < 4.78 is 36.4. The molecular weight excluding hydrogens is 426 g/mol. The van der Waals surface area contributed by atoms with E-state index < -0.39 is 5.95 Å². The van der Waals surface area contributed by atoms with Gasteiger partial charge in [0.1, 0.15) is 29.2 Å². The summed E-state index contributed by atoms with van der Waals surface area (Å²) in [5, 5.41) is 1.30. The highest BCUT2D eigenvalue weighted by Gasteiger charge is 2.21. The third kappa shape index (κ3) is 4.07. The Morgan fingerprint density at radius 2 is 2.00 bits per heavy atom. The summed E-state index contributed by atoms with van der Waals surface area (Å²) in [7, 11) is 0. The van der Waals surface area contributed by atoms with Crippen molar-refractivity contribution < 1.29 is 13.5 Å². The molecule has 1 aliphatic heterocycles. The van der Waals surface area contributed by atoms with Crippen LogP contribution in [0.3, 0.4) is 0 Å². The second-order valence-electron chi connectivity index (χ2n) is 7.90. The van der Waals surface area contributed by atoms with E-state index in [-0.39, 0.29) is 11.9 Å². The van der Waals surface area contributed by atoms with Crippen LogP contribution in [0, 0.1) is 11.8 Å². The Balaban J connectivity index is 1.60. The first kappa shape index (κ1) is 21.1. The molecule has 1 saturated heterocycles. The van der Waals surface area contributed by atoms with E-state index in [1.54, 1.807) is 29.2 Å². The number of aromatic nitrogens is 5. The molecule has 1 aliphatic rings. The van der Waals surface area contributed by atoms with E-state index >= 15 is 0 Å². The topological polar surface area (TPSA) is 70.1 Å². The summed E-state index contributed by atoms with van der Waals surface area (Å²) >= 11 is 0. The Bertz CT molecular complexity index is 1450. The minimum Gasteiger partial charge on any atom is -0.381 e. The second kappa shape index (κ2) is 8.67. The maximum atomic E-state index is 13.7. The fraction of sp³-hybridized carbons (Fsp3) is 0.250. The number of fused-ring (bicyclic) bond motifs is 1. The van der Waals surface area contributed by atoms with Gasteiger partial charge in [-0.2, -0.15) is 4.39 Å². The first-order valence-corrected chi connectivity index (χ1v) is 10.7. The molecule has 4 heterocycles. The van der Waals surface area contributed by atoms with Crippen LogP contribution in [0.4, 0.5) is 8.78 Å². The van der Waals surface area contributed by atoms with Crippen LogP contribution in [-0.2, 0) is 4.74 Å². The smallest absolute Gasteiger partial charge is 0.212 e. The van der Waals surface area contributed by atoms with Crippen LogP contribution in [0.1, 0.15) is 25.8 Å². The first-order valence-electron chi connectivity index (χ1n) is 10.7. The highest BCUT2D eigenvalue weighted by molar-refractivity contribution is 5.93. The number of aliphatic imine (C=N–C) groups is 1. The maximum absolute atomic E-state index is 13.7. The van der Waals surface area contributed by atoms with Crippen molar-refractivity contribution in [3.63, 3.8) is 0 Å². The molecule has 33 heavy (non-hydrogen) atoms. The number of ether oxygens (including phenoxy) is 1. The van der Waals surface area contributed by atoms with Gasteiger partial charge in [0.25, 0.3) is 0 Å². The Kier molecular flexibility index (Phi) is 5.55. The van der Waals surface area contributed by atoms with E-state index in [0.717, 1.165) is 12.8 Å². The molecule has 3 aromatic heterocycles. The van der Waals surface area contributed by atoms with Crippen molar-refractivity contribution in [2.45, 2.75) is 25.8 Å². The zero-order valence-corrected chi connectivity index (χ0v) is 18.1. The molecule has 0 N–H and O–H groups in total. The summed E-state index contributed by atoms with van der Waals surface area (Å²) in [6, 6.07) is 7.56. The van der Waals surface area contributed by atoms with E-state index in [1.807, 2.05) is 6.92 Å². The second-order valence-corrected chi connectivity index (χ2v) is 7.90. The fourth-order valence-electron chi connectivity index (χ4n) is 4.09. The molecule has 168 valence electrons. The fourth-order valence-corrected chi connectivity index (χ4v) is 4.09.